The molecule has 0 radical (unpaired) electrons. The second-order valence-electron chi connectivity index (χ2n) is 9.36. The van der Waals surface area contributed by atoms with Crippen LogP contribution >= 0.6 is 0 Å². The van der Waals surface area contributed by atoms with E-state index < -0.39 is 0 Å². The lowest BCUT2D eigenvalue weighted by molar-refractivity contribution is 0.174. The summed E-state index contributed by atoms with van der Waals surface area (Å²) >= 11 is 0. The predicted molar refractivity (Wildman–Crippen MR) is 153 cm³/mol. The molecule has 0 spiro atoms. The van der Waals surface area contributed by atoms with Crippen molar-refractivity contribution in [3.8, 4) is 22.3 Å². The van der Waals surface area contributed by atoms with Crippen LogP contribution in [0.2, 0.25) is 0 Å². The minimum Gasteiger partial charge on any atom is -0.452 e. The molecule has 0 N–H and O–H groups in total. The number of carbonyl (C=O) groups excluding carboxylic acids is 1. The van der Waals surface area contributed by atoms with Gasteiger partial charge in [0.2, 0.25) is 0 Å². The zero-order valence-electron chi connectivity index (χ0n) is 20.3. The predicted octanol–water partition coefficient (Wildman–Crippen LogP) is 9.05. The first-order chi connectivity index (χ1) is 18.2. The first-order valence-electron chi connectivity index (χ1n) is 12.3. The summed E-state index contributed by atoms with van der Waals surface area (Å²) in [4.78, 5) is 12.0. The van der Waals surface area contributed by atoms with E-state index in [1.165, 1.54) is 55.1 Å². The molecule has 176 valence electrons. The van der Waals surface area contributed by atoms with Gasteiger partial charge in [0.25, 0.3) is 0 Å². The van der Waals surface area contributed by atoms with Gasteiger partial charge in [0.1, 0.15) is 0 Å². The van der Waals surface area contributed by atoms with Crippen LogP contribution < -0.4 is 0 Å². The van der Waals surface area contributed by atoms with Gasteiger partial charge in [0, 0.05) is 11.6 Å². The van der Waals surface area contributed by atoms with E-state index in [1.54, 1.807) is 6.20 Å². The molecule has 0 saturated carbocycles. The van der Waals surface area contributed by atoms with Gasteiger partial charge in [-0.05, 0) is 84.9 Å². The number of methoxy groups -OCH3 is 1. The molecule has 0 unspecified atom stereocenters. The monoisotopic (exact) mass is 477 g/mol. The number of benzene rings is 6. The fourth-order valence-corrected chi connectivity index (χ4v) is 5.55. The third kappa shape index (κ3) is 3.40. The second kappa shape index (κ2) is 8.35. The fraction of sp³-hybridized carbons (Fsp3) is 0.0294. The van der Waals surface area contributed by atoms with E-state index in [9.17, 15) is 4.79 Å². The van der Waals surface area contributed by atoms with Gasteiger partial charge in [0.15, 0.2) is 0 Å². The number of hydrogen-bond donors (Lipinski definition) is 0. The van der Waals surface area contributed by atoms with E-state index in [0.717, 1.165) is 22.0 Å². The van der Waals surface area contributed by atoms with Gasteiger partial charge in [-0.2, -0.15) is 0 Å². The summed E-state index contributed by atoms with van der Waals surface area (Å²) < 4.78 is 6.41. The summed E-state index contributed by atoms with van der Waals surface area (Å²) in [5.74, 6) is 0. The summed E-state index contributed by atoms with van der Waals surface area (Å²) in [6, 6.07) is 40.9. The number of fused-ring (bicyclic) bond motifs is 7. The number of nitrogens with zero attached hydrogens (tertiary/aromatic N) is 1. The third-order valence-electron chi connectivity index (χ3n) is 7.33. The van der Waals surface area contributed by atoms with E-state index in [-0.39, 0.29) is 6.09 Å². The normalized spacial score (nSPS) is 11.5. The molecule has 0 bridgehead atoms. The van der Waals surface area contributed by atoms with Crippen LogP contribution in [0.25, 0.3) is 65.5 Å². The molecule has 0 amide bonds. The number of rotatable bonds is 2. The molecule has 1 heterocycles. The zero-order valence-corrected chi connectivity index (χ0v) is 20.3. The fourth-order valence-electron chi connectivity index (χ4n) is 5.55. The maximum absolute atomic E-state index is 12.0. The zero-order chi connectivity index (χ0) is 24.9. The Kier molecular flexibility index (Phi) is 4.83. The average Bonchev–Trinajstić information content (AvgIpc) is 3.40. The minimum atomic E-state index is -0.388. The van der Waals surface area contributed by atoms with Gasteiger partial charge in [-0.15, -0.1) is 0 Å². The van der Waals surface area contributed by atoms with Gasteiger partial charge in [0.05, 0.1) is 12.6 Å². The van der Waals surface area contributed by atoms with Crippen LogP contribution in [0.1, 0.15) is 0 Å². The molecule has 3 heteroatoms. The van der Waals surface area contributed by atoms with Gasteiger partial charge in [-0.25, -0.2) is 4.79 Å². The van der Waals surface area contributed by atoms with E-state index >= 15 is 0 Å². The lowest BCUT2D eigenvalue weighted by Crippen LogP contribution is -2.09. The van der Waals surface area contributed by atoms with Crippen molar-refractivity contribution in [1.29, 1.82) is 0 Å². The highest BCUT2D eigenvalue weighted by Gasteiger charge is 2.12. The van der Waals surface area contributed by atoms with Crippen LogP contribution in [0.4, 0.5) is 4.79 Å². The molecular formula is C34H23NO2. The summed E-state index contributed by atoms with van der Waals surface area (Å²) in [7, 11) is 1.39. The average molecular weight is 478 g/mol. The van der Waals surface area contributed by atoms with Crippen LogP contribution in [-0.2, 0) is 4.74 Å². The van der Waals surface area contributed by atoms with E-state index in [2.05, 4.69) is 103 Å². The summed E-state index contributed by atoms with van der Waals surface area (Å²) in [6.07, 6.45) is 1.36. The van der Waals surface area contributed by atoms with Gasteiger partial charge in [-0.3, -0.25) is 4.57 Å². The Morgan fingerprint density at radius 2 is 1.08 bits per heavy atom. The first kappa shape index (κ1) is 21.4. The van der Waals surface area contributed by atoms with Crippen molar-refractivity contribution in [3.63, 3.8) is 0 Å². The topological polar surface area (TPSA) is 31.2 Å². The van der Waals surface area contributed by atoms with Gasteiger partial charge in [-0.1, -0.05) is 84.9 Å². The van der Waals surface area contributed by atoms with E-state index in [0.29, 0.717) is 0 Å². The second-order valence-corrected chi connectivity index (χ2v) is 9.36. The van der Waals surface area contributed by atoms with Crippen molar-refractivity contribution < 1.29 is 9.53 Å². The summed E-state index contributed by atoms with van der Waals surface area (Å²) in [6.45, 7) is 0. The molecule has 0 saturated heterocycles. The van der Waals surface area contributed by atoms with Gasteiger partial charge < -0.3 is 4.74 Å². The molecule has 6 aromatic carbocycles. The van der Waals surface area contributed by atoms with Crippen LogP contribution in [-0.4, -0.2) is 17.8 Å². The number of ether oxygens (including phenoxy) is 1. The quantitative estimate of drug-likeness (QED) is 0.233. The number of aromatic nitrogens is 1. The van der Waals surface area contributed by atoms with Crippen molar-refractivity contribution in [2.75, 3.05) is 7.11 Å². The summed E-state index contributed by atoms with van der Waals surface area (Å²) in [5, 5.41) is 8.66. The molecule has 0 aliphatic carbocycles. The molecule has 3 nitrogen and oxygen atoms in total. The van der Waals surface area contributed by atoms with Crippen LogP contribution in [0.3, 0.4) is 0 Å². The maximum atomic E-state index is 12.0. The van der Waals surface area contributed by atoms with E-state index in [1.807, 2.05) is 12.1 Å². The SMILES string of the molecule is COC(=O)n1ccc2cc(-c3cccc(-c4ccc5c6ccccc6c6ccccc6c5c4)c3)ccc21. The van der Waals surface area contributed by atoms with Gasteiger partial charge >= 0.3 is 6.09 Å². The largest absolute Gasteiger partial charge is 0.452 e. The number of hydrogen-bond acceptors (Lipinski definition) is 2. The third-order valence-corrected chi connectivity index (χ3v) is 7.33. The molecule has 1 aromatic heterocycles. The highest BCUT2D eigenvalue weighted by molar-refractivity contribution is 6.25. The molecule has 7 rings (SSSR count). The molecule has 37 heavy (non-hydrogen) atoms. The van der Waals surface area contributed by atoms with Crippen LogP contribution in [0.15, 0.2) is 121 Å². The van der Waals surface area contributed by atoms with E-state index in [4.69, 9.17) is 4.74 Å². The molecule has 0 aliphatic heterocycles. The van der Waals surface area contributed by atoms with Crippen molar-refractivity contribution >= 4 is 49.3 Å². The van der Waals surface area contributed by atoms with Crippen molar-refractivity contribution in [1.82, 2.24) is 4.57 Å². The highest BCUT2D eigenvalue weighted by Crippen LogP contribution is 2.37. The van der Waals surface area contributed by atoms with Crippen molar-refractivity contribution in [2.45, 2.75) is 0 Å². The maximum Gasteiger partial charge on any atom is 0.418 e. The Labute approximate surface area is 214 Å². The summed E-state index contributed by atoms with van der Waals surface area (Å²) in [5.41, 5.74) is 5.43. The lowest BCUT2D eigenvalue weighted by Gasteiger charge is -2.12. The Bertz CT molecular complexity index is 1960. The Balaban J connectivity index is 1.36. The molecule has 0 atom stereocenters. The lowest BCUT2D eigenvalue weighted by atomic mass is 9.91. The molecule has 0 aliphatic rings. The molecular weight excluding hydrogens is 454 g/mol. The molecule has 7 aromatic rings. The standard InChI is InChI=1S/C34H23NO2/c1-37-34(36)35-18-17-26-20-24(14-16-33(26)35)22-7-6-8-23(19-22)25-13-15-31-29-11-3-2-9-27(29)28-10-4-5-12-30(28)32(31)21-25/h2-21H,1H3. The molecule has 0 fully saturated rings. The van der Waals surface area contributed by atoms with Crippen LogP contribution in [0.5, 0.6) is 0 Å². The smallest absolute Gasteiger partial charge is 0.418 e. The van der Waals surface area contributed by atoms with Crippen molar-refractivity contribution in [3.05, 3.63) is 121 Å². The first-order valence-corrected chi connectivity index (χ1v) is 12.3. The number of carbonyl (C=O) groups is 1. The Hall–Kier alpha value is -4.89. The van der Waals surface area contributed by atoms with Crippen LogP contribution in [0, 0.1) is 0 Å². The van der Waals surface area contributed by atoms with Crippen molar-refractivity contribution in [2.24, 2.45) is 0 Å². The Morgan fingerprint density at radius 1 is 0.541 bits per heavy atom. The Morgan fingerprint density at radius 3 is 1.73 bits per heavy atom. The minimum absolute atomic E-state index is 0.388. The highest BCUT2D eigenvalue weighted by atomic mass is 16.5.